The van der Waals surface area contributed by atoms with Gasteiger partial charge < -0.3 is 4.90 Å². The van der Waals surface area contributed by atoms with E-state index in [1.54, 1.807) is 0 Å². The van der Waals surface area contributed by atoms with Crippen molar-refractivity contribution in [2.24, 2.45) is 0 Å². The van der Waals surface area contributed by atoms with E-state index < -0.39 is 0 Å². The Morgan fingerprint density at radius 1 is 1.21 bits per heavy atom. The van der Waals surface area contributed by atoms with E-state index in [2.05, 4.69) is 36.7 Å². The maximum Gasteiger partial charge on any atom is 0.131 e. The summed E-state index contributed by atoms with van der Waals surface area (Å²) in [7, 11) is 0. The molecule has 0 saturated heterocycles. The van der Waals surface area contributed by atoms with Crippen molar-refractivity contribution in [1.29, 1.82) is 0 Å². The molecule has 0 spiro atoms. The second kappa shape index (κ2) is 7.36. The molecule has 0 N–H and O–H groups in total. The monoisotopic (exact) mass is 194 g/mol. The molecule has 0 aliphatic rings. The quantitative estimate of drug-likeness (QED) is 0.734. The fourth-order valence-corrected chi connectivity index (χ4v) is 1.33. The van der Waals surface area contributed by atoms with Gasteiger partial charge in [-0.25, -0.2) is 4.98 Å². The average molecular weight is 194 g/mol. The van der Waals surface area contributed by atoms with Crippen LogP contribution >= 0.6 is 0 Å². The molecule has 1 heterocycles. The third kappa shape index (κ3) is 3.36. The number of hydrogen-bond donors (Lipinski definition) is 0. The van der Waals surface area contributed by atoms with E-state index in [9.17, 15) is 0 Å². The van der Waals surface area contributed by atoms with E-state index in [1.165, 1.54) is 5.56 Å². The molecule has 1 aromatic rings. The molecule has 80 valence electrons. The number of anilines is 1. The number of hydrogen-bond acceptors (Lipinski definition) is 2. The molecule has 0 bridgehead atoms. The van der Waals surface area contributed by atoms with Crippen molar-refractivity contribution in [3.63, 3.8) is 0 Å². The SMILES string of the molecule is CC.CCN(CC)c1ncccc1C. The first kappa shape index (κ1) is 12.9. The van der Waals surface area contributed by atoms with Crippen LogP contribution in [-0.4, -0.2) is 18.1 Å². The average Bonchev–Trinajstić information content (AvgIpc) is 2.25. The molecule has 0 amide bonds. The summed E-state index contributed by atoms with van der Waals surface area (Å²) < 4.78 is 0. The Hall–Kier alpha value is -1.05. The zero-order chi connectivity index (χ0) is 11.0. The Labute approximate surface area is 88.0 Å². The lowest BCUT2D eigenvalue weighted by Gasteiger charge is -2.21. The van der Waals surface area contributed by atoms with Gasteiger partial charge in [-0.1, -0.05) is 19.9 Å². The molecule has 0 saturated carbocycles. The molecule has 1 rings (SSSR count). The third-order valence-corrected chi connectivity index (χ3v) is 2.04. The molecule has 0 fully saturated rings. The standard InChI is InChI=1S/C10H16N2.C2H6/c1-4-12(5-2)10-9(3)7-6-8-11-10;1-2/h6-8H,4-5H2,1-3H3;1-2H3. The fourth-order valence-electron chi connectivity index (χ4n) is 1.33. The first-order valence-corrected chi connectivity index (χ1v) is 5.46. The van der Waals surface area contributed by atoms with Crippen molar-refractivity contribution in [2.75, 3.05) is 18.0 Å². The van der Waals surface area contributed by atoms with Crippen LogP contribution < -0.4 is 4.90 Å². The van der Waals surface area contributed by atoms with Gasteiger partial charge in [-0.3, -0.25) is 0 Å². The molecule has 0 aliphatic heterocycles. The van der Waals surface area contributed by atoms with E-state index in [0.717, 1.165) is 18.9 Å². The Bertz CT molecular complexity index is 242. The van der Waals surface area contributed by atoms with Crippen LogP contribution in [0.4, 0.5) is 5.82 Å². The Balaban J connectivity index is 0.000000791. The van der Waals surface area contributed by atoms with Gasteiger partial charge >= 0.3 is 0 Å². The molecule has 0 radical (unpaired) electrons. The highest BCUT2D eigenvalue weighted by Gasteiger charge is 2.04. The van der Waals surface area contributed by atoms with E-state index in [-0.39, 0.29) is 0 Å². The van der Waals surface area contributed by atoms with Crippen LogP contribution in [0.15, 0.2) is 18.3 Å². The Kier molecular flexibility index (Phi) is 6.81. The molecule has 2 heteroatoms. The van der Waals surface area contributed by atoms with Crippen molar-refractivity contribution in [2.45, 2.75) is 34.6 Å². The largest absolute Gasteiger partial charge is 0.357 e. The summed E-state index contributed by atoms with van der Waals surface area (Å²) >= 11 is 0. The predicted molar refractivity (Wildman–Crippen MR) is 63.9 cm³/mol. The number of nitrogens with zero attached hydrogens (tertiary/aromatic N) is 2. The topological polar surface area (TPSA) is 16.1 Å². The summed E-state index contributed by atoms with van der Waals surface area (Å²) in [5.41, 5.74) is 1.25. The minimum Gasteiger partial charge on any atom is -0.357 e. The summed E-state index contributed by atoms with van der Waals surface area (Å²) in [6.45, 7) is 12.4. The van der Waals surface area contributed by atoms with E-state index in [1.807, 2.05) is 26.1 Å². The van der Waals surface area contributed by atoms with E-state index in [0.29, 0.717) is 0 Å². The summed E-state index contributed by atoms with van der Waals surface area (Å²) in [6.07, 6.45) is 1.85. The van der Waals surface area contributed by atoms with Gasteiger partial charge in [0.1, 0.15) is 5.82 Å². The first-order valence-electron chi connectivity index (χ1n) is 5.46. The van der Waals surface area contributed by atoms with Gasteiger partial charge in [0.2, 0.25) is 0 Å². The van der Waals surface area contributed by atoms with E-state index in [4.69, 9.17) is 0 Å². The van der Waals surface area contributed by atoms with Crippen LogP contribution in [0.2, 0.25) is 0 Å². The maximum absolute atomic E-state index is 4.35. The summed E-state index contributed by atoms with van der Waals surface area (Å²) in [6, 6.07) is 4.07. The molecule has 1 aromatic heterocycles. The zero-order valence-electron chi connectivity index (χ0n) is 10.0. The van der Waals surface area contributed by atoms with Crippen LogP contribution in [0.25, 0.3) is 0 Å². The minimum atomic E-state index is 1.02. The fraction of sp³-hybridized carbons (Fsp3) is 0.583. The smallest absolute Gasteiger partial charge is 0.131 e. The molecular formula is C12H22N2. The zero-order valence-corrected chi connectivity index (χ0v) is 10.0. The van der Waals surface area contributed by atoms with Gasteiger partial charge in [0.05, 0.1) is 0 Å². The predicted octanol–water partition coefficient (Wildman–Crippen LogP) is 3.26. The van der Waals surface area contributed by atoms with E-state index >= 15 is 0 Å². The minimum absolute atomic E-state index is 1.02. The van der Waals surface area contributed by atoms with Crippen molar-refractivity contribution in [3.05, 3.63) is 23.9 Å². The molecule has 0 atom stereocenters. The van der Waals surface area contributed by atoms with Crippen molar-refractivity contribution >= 4 is 5.82 Å². The van der Waals surface area contributed by atoms with Gasteiger partial charge in [0.25, 0.3) is 0 Å². The normalized spacial score (nSPS) is 8.93. The van der Waals surface area contributed by atoms with Crippen LogP contribution in [-0.2, 0) is 0 Å². The molecule has 0 aliphatic carbocycles. The van der Waals surface area contributed by atoms with Crippen molar-refractivity contribution in [1.82, 2.24) is 4.98 Å². The van der Waals surface area contributed by atoms with Gasteiger partial charge in [0, 0.05) is 19.3 Å². The third-order valence-electron chi connectivity index (χ3n) is 2.04. The molecule has 0 unspecified atom stereocenters. The number of aryl methyl sites for hydroxylation is 1. The van der Waals surface area contributed by atoms with Crippen LogP contribution in [0.1, 0.15) is 33.3 Å². The Morgan fingerprint density at radius 2 is 1.79 bits per heavy atom. The van der Waals surface area contributed by atoms with Gasteiger partial charge in [-0.05, 0) is 32.4 Å². The van der Waals surface area contributed by atoms with Gasteiger partial charge in [-0.15, -0.1) is 0 Å². The second-order valence-corrected chi connectivity index (χ2v) is 2.82. The highest BCUT2D eigenvalue weighted by atomic mass is 15.2. The molecular weight excluding hydrogens is 172 g/mol. The first-order chi connectivity index (χ1) is 6.79. The van der Waals surface area contributed by atoms with Crippen molar-refractivity contribution < 1.29 is 0 Å². The highest BCUT2D eigenvalue weighted by Crippen LogP contribution is 2.14. The molecule has 0 aromatic carbocycles. The van der Waals surface area contributed by atoms with Crippen molar-refractivity contribution in [3.8, 4) is 0 Å². The van der Waals surface area contributed by atoms with Crippen LogP contribution in [0.3, 0.4) is 0 Å². The lowest BCUT2D eigenvalue weighted by atomic mass is 10.2. The van der Waals surface area contributed by atoms with Crippen LogP contribution in [0.5, 0.6) is 0 Å². The lowest BCUT2D eigenvalue weighted by Crippen LogP contribution is -2.23. The summed E-state index contributed by atoms with van der Waals surface area (Å²) in [4.78, 5) is 6.61. The Morgan fingerprint density at radius 3 is 2.21 bits per heavy atom. The van der Waals surface area contributed by atoms with Crippen LogP contribution in [0, 0.1) is 6.92 Å². The van der Waals surface area contributed by atoms with Gasteiger partial charge in [0.15, 0.2) is 0 Å². The second-order valence-electron chi connectivity index (χ2n) is 2.82. The lowest BCUT2D eigenvalue weighted by molar-refractivity contribution is 0.840. The summed E-state index contributed by atoms with van der Waals surface area (Å²) in [5.74, 6) is 1.11. The summed E-state index contributed by atoms with van der Waals surface area (Å²) in [5, 5.41) is 0. The number of aromatic nitrogens is 1. The molecule has 2 nitrogen and oxygen atoms in total. The maximum atomic E-state index is 4.35. The number of pyridine rings is 1. The van der Waals surface area contributed by atoms with Gasteiger partial charge in [-0.2, -0.15) is 0 Å². The number of rotatable bonds is 3. The molecule has 14 heavy (non-hydrogen) atoms. The highest BCUT2D eigenvalue weighted by molar-refractivity contribution is 5.45.